The van der Waals surface area contributed by atoms with E-state index in [2.05, 4.69) is 4.72 Å². The molecule has 0 saturated carbocycles. The zero-order valence-corrected chi connectivity index (χ0v) is 15.0. The van der Waals surface area contributed by atoms with Crippen LogP contribution in [0.1, 0.15) is 6.42 Å². The number of nitrogens with zero attached hydrogens (tertiary/aromatic N) is 2. The molecule has 7 nitrogen and oxygen atoms in total. The SMILES string of the molecule is O=[N+]([O-])c1ccccc1S(=O)(=O)NCC1CCN(c2ccc(F)c(F)c2)C1. The van der Waals surface area contributed by atoms with E-state index in [1.54, 1.807) is 0 Å². The maximum Gasteiger partial charge on any atom is 0.289 e. The fraction of sp³-hybridized carbons (Fsp3) is 0.294. The summed E-state index contributed by atoms with van der Waals surface area (Å²) in [6.45, 7) is 1.13. The summed E-state index contributed by atoms with van der Waals surface area (Å²) >= 11 is 0. The minimum atomic E-state index is -4.04. The molecule has 3 rings (SSSR count). The maximum atomic E-state index is 13.4. The van der Waals surface area contributed by atoms with Crippen molar-refractivity contribution >= 4 is 21.4 Å². The van der Waals surface area contributed by atoms with Crippen LogP contribution in [0.5, 0.6) is 0 Å². The Morgan fingerprint density at radius 2 is 1.93 bits per heavy atom. The highest BCUT2D eigenvalue weighted by Gasteiger charge is 2.28. The van der Waals surface area contributed by atoms with Gasteiger partial charge in [-0.1, -0.05) is 12.1 Å². The molecule has 1 saturated heterocycles. The number of para-hydroxylation sites is 1. The third-order valence-corrected chi connectivity index (χ3v) is 5.94. The summed E-state index contributed by atoms with van der Waals surface area (Å²) in [6.07, 6.45) is 0.651. The van der Waals surface area contributed by atoms with Crippen molar-refractivity contribution in [1.29, 1.82) is 0 Å². The summed E-state index contributed by atoms with van der Waals surface area (Å²) in [5.41, 5.74) is 0.0396. The predicted octanol–water partition coefficient (Wildman–Crippen LogP) is 2.68. The number of rotatable bonds is 6. The van der Waals surface area contributed by atoms with Crippen molar-refractivity contribution in [3.8, 4) is 0 Å². The van der Waals surface area contributed by atoms with Crippen molar-refractivity contribution in [3.63, 3.8) is 0 Å². The third-order valence-electron chi connectivity index (χ3n) is 4.47. The lowest BCUT2D eigenvalue weighted by Crippen LogP contribution is -2.31. The minimum Gasteiger partial charge on any atom is -0.371 e. The maximum absolute atomic E-state index is 13.4. The quantitative estimate of drug-likeness (QED) is 0.598. The zero-order valence-electron chi connectivity index (χ0n) is 14.1. The summed E-state index contributed by atoms with van der Waals surface area (Å²) < 4.78 is 53.7. The van der Waals surface area contributed by atoms with Crippen LogP contribution in [0, 0.1) is 27.7 Å². The first-order valence-corrected chi connectivity index (χ1v) is 9.69. The lowest BCUT2D eigenvalue weighted by Gasteiger charge is -2.19. The Morgan fingerprint density at radius 3 is 2.63 bits per heavy atom. The number of nitro benzene ring substituents is 1. The number of nitrogens with one attached hydrogen (secondary N) is 1. The van der Waals surface area contributed by atoms with Gasteiger partial charge < -0.3 is 4.90 Å². The molecular weight excluding hydrogens is 380 g/mol. The van der Waals surface area contributed by atoms with Gasteiger partial charge in [-0.2, -0.15) is 0 Å². The van der Waals surface area contributed by atoms with Crippen molar-refractivity contribution in [2.75, 3.05) is 24.5 Å². The highest BCUT2D eigenvalue weighted by molar-refractivity contribution is 7.89. The summed E-state index contributed by atoms with van der Waals surface area (Å²) in [6, 6.07) is 8.76. The van der Waals surface area contributed by atoms with Crippen LogP contribution in [0.3, 0.4) is 0 Å². The normalized spacial score (nSPS) is 17.3. The molecule has 1 atom stereocenters. The zero-order chi connectivity index (χ0) is 19.6. The molecule has 1 aliphatic heterocycles. The molecule has 10 heteroatoms. The smallest absolute Gasteiger partial charge is 0.289 e. The van der Waals surface area contributed by atoms with Crippen LogP contribution in [-0.4, -0.2) is 33.0 Å². The Bertz CT molecular complexity index is 968. The van der Waals surface area contributed by atoms with Gasteiger partial charge in [0.05, 0.1) is 4.92 Å². The van der Waals surface area contributed by atoms with Gasteiger partial charge in [0.15, 0.2) is 16.5 Å². The molecule has 1 unspecified atom stereocenters. The monoisotopic (exact) mass is 397 g/mol. The van der Waals surface area contributed by atoms with Gasteiger partial charge in [-0.3, -0.25) is 10.1 Å². The lowest BCUT2D eigenvalue weighted by molar-refractivity contribution is -0.387. The van der Waals surface area contributed by atoms with Gasteiger partial charge >= 0.3 is 0 Å². The molecule has 0 radical (unpaired) electrons. The van der Waals surface area contributed by atoms with E-state index in [0.717, 1.165) is 18.2 Å². The summed E-state index contributed by atoms with van der Waals surface area (Å²) in [5, 5.41) is 11.0. The molecule has 0 aromatic heterocycles. The fourth-order valence-electron chi connectivity index (χ4n) is 3.06. The molecule has 1 heterocycles. The second-order valence-corrected chi connectivity index (χ2v) is 8.01. The Labute approximate surface area is 154 Å². The van der Waals surface area contributed by atoms with Crippen LogP contribution in [-0.2, 0) is 10.0 Å². The number of hydrogen-bond acceptors (Lipinski definition) is 5. The molecule has 2 aromatic carbocycles. The topological polar surface area (TPSA) is 92.5 Å². The van der Waals surface area contributed by atoms with Crippen molar-refractivity contribution in [2.24, 2.45) is 5.92 Å². The van der Waals surface area contributed by atoms with E-state index >= 15 is 0 Å². The van der Waals surface area contributed by atoms with Crippen LogP contribution in [0.2, 0.25) is 0 Å². The molecule has 0 bridgehead atoms. The molecule has 27 heavy (non-hydrogen) atoms. The number of hydrogen-bond donors (Lipinski definition) is 1. The molecule has 1 fully saturated rings. The van der Waals surface area contributed by atoms with E-state index < -0.39 is 32.3 Å². The predicted molar refractivity (Wildman–Crippen MR) is 95.0 cm³/mol. The Balaban J connectivity index is 1.65. The highest BCUT2D eigenvalue weighted by atomic mass is 32.2. The first-order chi connectivity index (χ1) is 12.8. The molecular formula is C17H17F2N3O4S. The second-order valence-electron chi connectivity index (χ2n) is 6.28. The van der Waals surface area contributed by atoms with E-state index in [-0.39, 0.29) is 17.4 Å². The Hall–Kier alpha value is -2.59. The number of nitro groups is 1. The first-order valence-electron chi connectivity index (χ1n) is 8.21. The molecule has 0 amide bonds. The number of benzene rings is 2. The van der Waals surface area contributed by atoms with Gasteiger partial charge in [-0.25, -0.2) is 21.9 Å². The van der Waals surface area contributed by atoms with Gasteiger partial charge in [0.1, 0.15) is 0 Å². The van der Waals surface area contributed by atoms with Crippen LogP contribution in [0.25, 0.3) is 0 Å². The van der Waals surface area contributed by atoms with Crippen LogP contribution in [0.4, 0.5) is 20.2 Å². The summed E-state index contributed by atoms with van der Waals surface area (Å²) in [4.78, 5) is 11.7. The number of anilines is 1. The lowest BCUT2D eigenvalue weighted by atomic mass is 10.1. The third kappa shape index (κ3) is 4.22. The summed E-state index contributed by atoms with van der Waals surface area (Å²) in [5.74, 6) is -1.92. The molecule has 2 aromatic rings. The number of halogens is 2. The van der Waals surface area contributed by atoms with Crippen molar-refractivity contribution in [2.45, 2.75) is 11.3 Å². The first kappa shape index (κ1) is 19.2. The Morgan fingerprint density at radius 1 is 1.19 bits per heavy atom. The molecule has 0 aliphatic carbocycles. The molecule has 144 valence electrons. The van der Waals surface area contributed by atoms with Gasteiger partial charge in [0.2, 0.25) is 10.0 Å². The summed E-state index contributed by atoms with van der Waals surface area (Å²) in [7, 11) is -4.04. The number of sulfonamides is 1. The average molecular weight is 397 g/mol. The minimum absolute atomic E-state index is 0.0596. The standard InChI is InChI=1S/C17H17F2N3O4S/c18-14-6-5-13(9-15(14)19)21-8-7-12(11-21)10-20-27(25,26)17-4-2-1-3-16(17)22(23)24/h1-6,9,12,20H,7-8,10-11H2. The van der Waals surface area contributed by atoms with E-state index in [4.69, 9.17) is 0 Å². The second kappa shape index (κ2) is 7.57. The van der Waals surface area contributed by atoms with Gasteiger partial charge in [0, 0.05) is 37.5 Å². The van der Waals surface area contributed by atoms with Gasteiger partial charge in [-0.05, 0) is 30.5 Å². The van der Waals surface area contributed by atoms with Crippen LogP contribution >= 0.6 is 0 Å². The van der Waals surface area contributed by atoms with Gasteiger partial charge in [0.25, 0.3) is 5.69 Å². The van der Waals surface area contributed by atoms with Crippen LogP contribution in [0.15, 0.2) is 47.4 Å². The van der Waals surface area contributed by atoms with Crippen LogP contribution < -0.4 is 9.62 Å². The van der Waals surface area contributed by atoms with E-state index in [1.165, 1.54) is 24.3 Å². The fourth-order valence-corrected chi connectivity index (χ4v) is 4.34. The molecule has 0 spiro atoms. The molecule has 1 N–H and O–H groups in total. The van der Waals surface area contributed by atoms with E-state index in [0.29, 0.717) is 25.2 Å². The largest absolute Gasteiger partial charge is 0.371 e. The Kier molecular flexibility index (Phi) is 5.38. The van der Waals surface area contributed by atoms with Crippen molar-refractivity contribution in [1.82, 2.24) is 4.72 Å². The van der Waals surface area contributed by atoms with Gasteiger partial charge in [-0.15, -0.1) is 0 Å². The van der Waals surface area contributed by atoms with E-state index in [1.807, 2.05) is 4.90 Å². The average Bonchev–Trinajstić information content (AvgIpc) is 3.11. The van der Waals surface area contributed by atoms with E-state index in [9.17, 15) is 27.3 Å². The van der Waals surface area contributed by atoms with Crippen molar-refractivity contribution in [3.05, 3.63) is 64.2 Å². The molecule has 1 aliphatic rings. The van der Waals surface area contributed by atoms with Crippen molar-refractivity contribution < 1.29 is 22.1 Å². The highest BCUT2D eigenvalue weighted by Crippen LogP contribution is 2.26.